The molecule has 0 saturated carbocycles. The second kappa shape index (κ2) is 17.8. The van der Waals surface area contributed by atoms with Crippen LogP contribution in [0.15, 0.2) is 75.7 Å². The number of aliphatic hydroxyl groups is 4. The van der Waals surface area contributed by atoms with Gasteiger partial charge in [0.05, 0.1) is 26.2 Å². The van der Waals surface area contributed by atoms with E-state index in [0.29, 0.717) is 13.0 Å². The average Bonchev–Trinajstić information content (AvgIpc) is 3.88. The molecular formula is C36H37N3O16. The molecule has 0 amide bonds. The summed E-state index contributed by atoms with van der Waals surface area (Å²) >= 11 is 0. The zero-order chi connectivity index (χ0) is 39.8. The van der Waals surface area contributed by atoms with Crippen molar-refractivity contribution in [2.75, 3.05) is 85.3 Å². The van der Waals surface area contributed by atoms with Gasteiger partial charge in [0, 0.05) is 32.7 Å². The van der Waals surface area contributed by atoms with E-state index in [2.05, 4.69) is 0 Å². The molecule has 0 atom stereocenters. The SMILES string of the molecule is O=C1COC(=O)/C1=C(\O)CN(CCN(CCc1ccccc1)CCN(C/C(O)=C1\C(=O)COC1=O)C/C(O)=C1\C(=O)COC1=O)C/C(O)=C1\C(=O)COC1=O. The van der Waals surface area contributed by atoms with Crippen LogP contribution in [0.3, 0.4) is 0 Å². The lowest BCUT2D eigenvalue weighted by Gasteiger charge is -2.30. The van der Waals surface area contributed by atoms with Crippen LogP contribution >= 0.6 is 0 Å². The van der Waals surface area contributed by atoms with Crippen LogP contribution in [0.1, 0.15) is 5.56 Å². The zero-order valence-electron chi connectivity index (χ0n) is 29.3. The predicted molar refractivity (Wildman–Crippen MR) is 182 cm³/mol. The summed E-state index contributed by atoms with van der Waals surface area (Å²) in [5, 5.41) is 43.3. The number of ketones is 4. The normalized spacial score (nSPS) is 21.1. The number of ether oxygens (including phenoxy) is 4. The zero-order valence-corrected chi connectivity index (χ0v) is 29.3. The smallest absolute Gasteiger partial charge is 0.345 e. The number of hydrogen-bond donors (Lipinski definition) is 4. The number of benzene rings is 1. The first-order valence-electron chi connectivity index (χ1n) is 16.9. The maximum absolute atomic E-state index is 12.3. The van der Waals surface area contributed by atoms with Crippen molar-refractivity contribution in [3.05, 3.63) is 81.2 Å². The summed E-state index contributed by atoms with van der Waals surface area (Å²) in [5.41, 5.74) is -1.38. The molecule has 4 fully saturated rings. The molecule has 1 aromatic rings. The monoisotopic (exact) mass is 767 g/mol. The minimum absolute atomic E-state index is 0.0266. The third-order valence-electron chi connectivity index (χ3n) is 8.94. The van der Waals surface area contributed by atoms with Crippen molar-refractivity contribution >= 4 is 47.0 Å². The fraction of sp³-hybridized carbons (Fsp3) is 0.389. The predicted octanol–water partition coefficient (Wildman–Crippen LogP) is -1.11. The highest BCUT2D eigenvalue weighted by Gasteiger charge is 2.37. The van der Waals surface area contributed by atoms with Gasteiger partial charge in [0.1, 0.15) is 45.3 Å². The number of Topliss-reactive ketones (excluding diaryl/α,β-unsaturated/α-hetero) is 4. The van der Waals surface area contributed by atoms with Gasteiger partial charge in [0.25, 0.3) is 0 Å². The molecule has 0 radical (unpaired) electrons. The molecule has 1 aromatic carbocycles. The molecule has 4 heterocycles. The molecule has 4 N–H and O–H groups in total. The van der Waals surface area contributed by atoms with Gasteiger partial charge in [0.2, 0.25) is 23.1 Å². The summed E-state index contributed by atoms with van der Waals surface area (Å²) in [7, 11) is 0. The quantitative estimate of drug-likeness (QED) is 0.0481. The maximum atomic E-state index is 12.3. The number of esters is 4. The lowest BCUT2D eigenvalue weighted by Crippen LogP contribution is -2.43. The molecule has 0 aromatic heterocycles. The average molecular weight is 768 g/mol. The highest BCUT2D eigenvalue weighted by atomic mass is 16.6. The Bertz CT molecular complexity index is 1630. The third-order valence-corrected chi connectivity index (χ3v) is 8.94. The Morgan fingerprint density at radius 2 is 0.727 bits per heavy atom. The van der Waals surface area contributed by atoms with Crippen molar-refractivity contribution < 1.29 is 77.7 Å². The first-order chi connectivity index (χ1) is 26.2. The minimum atomic E-state index is -1.04. The lowest BCUT2D eigenvalue weighted by molar-refractivity contribution is -0.136. The van der Waals surface area contributed by atoms with E-state index in [4.69, 9.17) is 18.9 Å². The van der Waals surface area contributed by atoms with E-state index in [-0.39, 0.29) is 26.2 Å². The third kappa shape index (κ3) is 9.88. The van der Waals surface area contributed by atoms with Gasteiger partial charge in [-0.05, 0) is 12.0 Å². The fourth-order valence-corrected chi connectivity index (χ4v) is 6.10. The van der Waals surface area contributed by atoms with Crippen LogP contribution in [0.2, 0.25) is 0 Å². The molecule has 0 bridgehead atoms. The molecule has 4 aliphatic heterocycles. The van der Waals surface area contributed by atoms with Crippen molar-refractivity contribution in [3.63, 3.8) is 0 Å². The molecular weight excluding hydrogens is 730 g/mol. The first-order valence-corrected chi connectivity index (χ1v) is 16.9. The molecule has 19 heteroatoms. The Balaban J connectivity index is 1.40. The van der Waals surface area contributed by atoms with Crippen molar-refractivity contribution in [2.24, 2.45) is 0 Å². The van der Waals surface area contributed by atoms with Crippen LogP contribution in [0.25, 0.3) is 0 Å². The molecule has 0 spiro atoms. The van der Waals surface area contributed by atoms with Crippen LogP contribution in [0, 0.1) is 0 Å². The van der Waals surface area contributed by atoms with E-state index in [1.54, 1.807) is 0 Å². The number of cyclic esters (lactones) is 4. The van der Waals surface area contributed by atoms with E-state index >= 15 is 0 Å². The molecule has 4 aliphatic rings. The van der Waals surface area contributed by atoms with Gasteiger partial charge in [-0.3, -0.25) is 29.0 Å². The van der Waals surface area contributed by atoms with Gasteiger partial charge in [-0.25, -0.2) is 19.2 Å². The molecule has 5 rings (SSSR count). The maximum Gasteiger partial charge on any atom is 0.345 e. The largest absolute Gasteiger partial charge is 0.510 e. The van der Waals surface area contributed by atoms with Crippen LogP contribution in [-0.2, 0) is 63.7 Å². The molecule has 0 aliphatic carbocycles. The standard InChI is InChI=1S/C36H37N3O16/c40-21(29-25(44)16-52-33(29)48)12-38(13-22(41)30-26(45)17-53-34(30)49)10-8-37(7-6-20-4-2-1-3-5-20)9-11-39(14-23(42)31-27(46)18-54-35(31)50)15-24(43)32-28(47)19-55-36(32)51/h1-5,40-43H,6-19H2/b29-21-,30-22-,31-23-,32-24-. The summed E-state index contributed by atoms with van der Waals surface area (Å²) in [5.74, 6) is -9.88. The highest BCUT2D eigenvalue weighted by Crippen LogP contribution is 2.20. The van der Waals surface area contributed by atoms with Gasteiger partial charge in [0.15, 0.2) is 26.4 Å². The Morgan fingerprint density at radius 1 is 0.436 bits per heavy atom. The second-order valence-corrected chi connectivity index (χ2v) is 12.8. The van der Waals surface area contributed by atoms with E-state index in [0.717, 1.165) is 5.56 Å². The van der Waals surface area contributed by atoms with E-state index in [1.165, 1.54) is 9.80 Å². The van der Waals surface area contributed by atoms with Crippen LogP contribution < -0.4 is 0 Å². The van der Waals surface area contributed by atoms with Gasteiger partial charge in [-0.1, -0.05) is 30.3 Å². The summed E-state index contributed by atoms with van der Waals surface area (Å²) < 4.78 is 18.8. The van der Waals surface area contributed by atoms with E-state index in [9.17, 15) is 58.8 Å². The van der Waals surface area contributed by atoms with Crippen molar-refractivity contribution in [1.82, 2.24) is 14.7 Å². The molecule has 55 heavy (non-hydrogen) atoms. The molecule has 292 valence electrons. The number of rotatable bonds is 17. The van der Waals surface area contributed by atoms with Crippen LogP contribution in [0.5, 0.6) is 0 Å². The molecule has 0 unspecified atom stereocenters. The Kier molecular flexibility index (Phi) is 12.9. The summed E-state index contributed by atoms with van der Waals surface area (Å²) in [4.78, 5) is 102. The number of carbonyl (C=O) groups excluding carboxylic acids is 8. The van der Waals surface area contributed by atoms with Gasteiger partial charge < -0.3 is 44.3 Å². The number of aliphatic hydroxyl groups excluding tert-OH is 4. The topological polar surface area (TPSA) is 264 Å². The fourth-order valence-electron chi connectivity index (χ4n) is 6.10. The van der Waals surface area contributed by atoms with Crippen molar-refractivity contribution in [1.29, 1.82) is 0 Å². The van der Waals surface area contributed by atoms with Crippen molar-refractivity contribution in [2.45, 2.75) is 6.42 Å². The summed E-state index contributed by atoms with van der Waals surface area (Å²) in [6, 6.07) is 9.32. The van der Waals surface area contributed by atoms with Crippen LogP contribution in [-0.4, -0.2) is 167 Å². The van der Waals surface area contributed by atoms with Gasteiger partial charge in [-0.15, -0.1) is 0 Å². The number of carbonyl (C=O) groups is 8. The summed E-state index contributed by atoms with van der Waals surface area (Å²) in [6.45, 7) is -3.70. The second-order valence-electron chi connectivity index (χ2n) is 12.8. The van der Waals surface area contributed by atoms with Crippen molar-refractivity contribution in [3.8, 4) is 0 Å². The minimum Gasteiger partial charge on any atom is -0.510 e. The Labute approximate surface area is 312 Å². The van der Waals surface area contributed by atoms with E-state index < -0.39 is 145 Å². The first kappa shape index (κ1) is 40.0. The van der Waals surface area contributed by atoms with Gasteiger partial charge >= 0.3 is 23.9 Å². The van der Waals surface area contributed by atoms with Crippen LogP contribution in [0.4, 0.5) is 0 Å². The molecule has 19 nitrogen and oxygen atoms in total. The van der Waals surface area contributed by atoms with Gasteiger partial charge in [-0.2, -0.15) is 0 Å². The molecule has 4 saturated heterocycles. The Hall–Kier alpha value is -6.18. The Morgan fingerprint density at radius 3 is 1.00 bits per heavy atom. The number of nitrogens with zero attached hydrogens (tertiary/aromatic N) is 3. The van der Waals surface area contributed by atoms with E-state index in [1.807, 2.05) is 35.2 Å². The summed E-state index contributed by atoms with van der Waals surface area (Å²) in [6.07, 6.45) is 0.497. The lowest BCUT2D eigenvalue weighted by atomic mass is 10.1. The highest BCUT2D eigenvalue weighted by molar-refractivity contribution is 6.24. The number of hydrogen-bond acceptors (Lipinski definition) is 19.